The van der Waals surface area contributed by atoms with Crippen molar-refractivity contribution in [2.24, 2.45) is 0 Å². The number of hydrogen-bond donors (Lipinski definition) is 1. The van der Waals surface area contributed by atoms with Crippen LogP contribution in [0.25, 0.3) is 0 Å². The number of thiocarbonyl (C=S) groups is 1. The number of hydrogen-bond acceptors (Lipinski definition) is 1. The predicted octanol–water partition coefficient (Wildman–Crippen LogP) is 5.65. The summed E-state index contributed by atoms with van der Waals surface area (Å²) in [6.07, 6.45) is 1.04. The molecule has 0 aliphatic carbocycles. The van der Waals surface area contributed by atoms with Gasteiger partial charge in [-0.2, -0.15) is 0 Å². The molecular formula is C23H24N2S. The molecule has 0 heterocycles. The minimum Gasteiger partial charge on any atom is -0.340 e. The van der Waals surface area contributed by atoms with E-state index in [9.17, 15) is 0 Å². The fourth-order valence-corrected chi connectivity index (χ4v) is 3.08. The summed E-state index contributed by atoms with van der Waals surface area (Å²) >= 11 is 5.73. The lowest BCUT2D eigenvalue weighted by Gasteiger charge is -2.26. The molecule has 0 amide bonds. The average Bonchev–Trinajstić information content (AvgIpc) is 2.69. The topological polar surface area (TPSA) is 15.3 Å². The monoisotopic (exact) mass is 360 g/mol. The maximum Gasteiger partial charge on any atom is 0.174 e. The lowest BCUT2D eigenvalue weighted by atomic mass is 10.1. The molecule has 0 saturated heterocycles. The summed E-state index contributed by atoms with van der Waals surface area (Å²) in [4.78, 5) is 2.20. The van der Waals surface area contributed by atoms with Crippen molar-refractivity contribution in [2.45, 2.75) is 26.4 Å². The summed E-state index contributed by atoms with van der Waals surface area (Å²) in [6, 6.07) is 29.3. The Morgan fingerprint density at radius 3 is 1.69 bits per heavy atom. The van der Waals surface area contributed by atoms with Gasteiger partial charge in [0.15, 0.2) is 5.11 Å². The Hall–Kier alpha value is -2.65. The molecule has 132 valence electrons. The van der Waals surface area contributed by atoms with E-state index in [1.54, 1.807) is 0 Å². The molecule has 3 rings (SSSR count). The van der Waals surface area contributed by atoms with Crippen LogP contribution in [0.4, 0.5) is 5.69 Å². The first kappa shape index (κ1) is 18.2. The highest BCUT2D eigenvalue weighted by Gasteiger charge is 2.11. The third kappa shape index (κ3) is 5.17. The Balaban J connectivity index is 1.75. The van der Waals surface area contributed by atoms with Gasteiger partial charge in [-0.25, -0.2) is 0 Å². The molecule has 0 aromatic heterocycles. The van der Waals surface area contributed by atoms with E-state index in [1.165, 1.54) is 16.7 Å². The van der Waals surface area contributed by atoms with Crippen molar-refractivity contribution in [2.75, 3.05) is 5.32 Å². The largest absolute Gasteiger partial charge is 0.340 e. The zero-order chi connectivity index (χ0) is 18.2. The van der Waals surface area contributed by atoms with E-state index in [2.05, 4.69) is 89.9 Å². The number of benzene rings is 3. The van der Waals surface area contributed by atoms with Crippen LogP contribution >= 0.6 is 12.2 Å². The van der Waals surface area contributed by atoms with Gasteiger partial charge in [-0.3, -0.25) is 0 Å². The van der Waals surface area contributed by atoms with Crippen LogP contribution in [-0.4, -0.2) is 10.0 Å². The second kappa shape index (κ2) is 9.16. The molecule has 0 radical (unpaired) electrons. The number of nitrogens with one attached hydrogen (secondary N) is 1. The van der Waals surface area contributed by atoms with Gasteiger partial charge in [0.1, 0.15) is 0 Å². The number of nitrogens with zero attached hydrogens (tertiary/aromatic N) is 1. The van der Waals surface area contributed by atoms with E-state index < -0.39 is 0 Å². The van der Waals surface area contributed by atoms with Crippen LogP contribution in [0.3, 0.4) is 0 Å². The first-order chi connectivity index (χ1) is 12.7. The van der Waals surface area contributed by atoms with Gasteiger partial charge in [0, 0.05) is 18.8 Å². The predicted molar refractivity (Wildman–Crippen MR) is 114 cm³/mol. The zero-order valence-corrected chi connectivity index (χ0v) is 15.9. The summed E-state index contributed by atoms with van der Waals surface area (Å²) < 4.78 is 0. The molecule has 0 saturated carbocycles. The smallest absolute Gasteiger partial charge is 0.174 e. The molecule has 0 bridgehead atoms. The summed E-state index contributed by atoms with van der Waals surface area (Å²) in [5, 5.41) is 4.13. The highest BCUT2D eigenvalue weighted by Crippen LogP contribution is 2.15. The van der Waals surface area contributed by atoms with Crippen molar-refractivity contribution in [3.05, 3.63) is 102 Å². The number of rotatable bonds is 6. The van der Waals surface area contributed by atoms with Gasteiger partial charge in [0.2, 0.25) is 0 Å². The SMILES string of the molecule is CCc1ccc(NC(=S)N(Cc2ccccc2)Cc2ccccc2)cc1. The minimum absolute atomic E-state index is 0.738. The van der Waals surface area contributed by atoms with Crippen molar-refractivity contribution in [3.8, 4) is 0 Å². The van der Waals surface area contributed by atoms with Gasteiger partial charge < -0.3 is 10.2 Å². The second-order valence-electron chi connectivity index (χ2n) is 6.31. The van der Waals surface area contributed by atoms with Gasteiger partial charge in [0.25, 0.3) is 0 Å². The van der Waals surface area contributed by atoms with Crippen LogP contribution in [0, 0.1) is 0 Å². The van der Waals surface area contributed by atoms with E-state index in [4.69, 9.17) is 12.2 Å². The molecule has 0 aliphatic rings. The molecule has 26 heavy (non-hydrogen) atoms. The standard InChI is InChI=1S/C23H24N2S/c1-2-19-13-15-22(16-14-19)24-23(26)25(17-20-9-5-3-6-10-20)18-21-11-7-4-8-12-21/h3-16H,2,17-18H2,1H3,(H,24,26). The molecule has 3 heteroatoms. The summed E-state index contributed by atoms with van der Waals surface area (Å²) in [5.41, 5.74) is 4.84. The Morgan fingerprint density at radius 1 is 0.731 bits per heavy atom. The van der Waals surface area contributed by atoms with Gasteiger partial charge in [-0.15, -0.1) is 0 Å². The minimum atomic E-state index is 0.738. The summed E-state index contributed by atoms with van der Waals surface area (Å²) in [5.74, 6) is 0. The number of anilines is 1. The molecule has 0 unspecified atom stereocenters. The van der Waals surface area contributed by atoms with Crippen molar-refractivity contribution < 1.29 is 0 Å². The molecule has 0 atom stereocenters. The second-order valence-corrected chi connectivity index (χ2v) is 6.69. The molecule has 0 fully saturated rings. The third-order valence-electron chi connectivity index (χ3n) is 4.33. The molecule has 1 N–H and O–H groups in total. The third-order valence-corrected chi connectivity index (χ3v) is 4.69. The van der Waals surface area contributed by atoms with Gasteiger partial charge in [-0.1, -0.05) is 79.7 Å². The van der Waals surface area contributed by atoms with Crippen LogP contribution in [0.2, 0.25) is 0 Å². The van der Waals surface area contributed by atoms with Crippen LogP contribution in [0.5, 0.6) is 0 Å². The van der Waals surface area contributed by atoms with Crippen molar-refractivity contribution in [3.63, 3.8) is 0 Å². The van der Waals surface area contributed by atoms with Crippen LogP contribution in [0.1, 0.15) is 23.6 Å². The fourth-order valence-electron chi connectivity index (χ4n) is 2.83. The average molecular weight is 361 g/mol. The van der Waals surface area contributed by atoms with Crippen molar-refractivity contribution in [1.29, 1.82) is 0 Å². The zero-order valence-electron chi connectivity index (χ0n) is 15.1. The number of aryl methyl sites for hydroxylation is 1. The first-order valence-corrected chi connectivity index (χ1v) is 9.38. The van der Waals surface area contributed by atoms with Gasteiger partial charge >= 0.3 is 0 Å². The molecule has 2 nitrogen and oxygen atoms in total. The van der Waals surface area contributed by atoms with Gasteiger partial charge in [-0.05, 0) is 47.5 Å². The highest BCUT2D eigenvalue weighted by molar-refractivity contribution is 7.80. The van der Waals surface area contributed by atoms with E-state index in [0.717, 1.165) is 30.3 Å². The van der Waals surface area contributed by atoms with E-state index in [1.807, 2.05) is 12.1 Å². The van der Waals surface area contributed by atoms with Crippen molar-refractivity contribution >= 4 is 23.0 Å². The highest BCUT2D eigenvalue weighted by atomic mass is 32.1. The van der Waals surface area contributed by atoms with Crippen LogP contribution < -0.4 is 5.32 Å². The van der Waals surface area contributed by atoms with Crippen molar-refractivity contribution in [1.82, 2.24) is 4.90 Å². The summed E-state index contributed by atoms with van der Waals surface area (Å²) in [7, 11) is 0. The van der Waals surface area contributed by atoms with E-state index >= 15 is 0 Å². The Morgan fingerprint density at radius 2 is 1.23 bits per heavy atom. The quantitative estimate of drug-likeness (QED) is 0.572. The van der Waals surface area contributed by atoms with Crippen LogP contribution in [0.15, 0.2) is 84.9 Å². The van der Waals surface area contributed by atoms with Crippen LogP contribution in [-0.2, 0) is 19.5 Å². The molecule has 3 aromatic rings. The Kier molecular flexibility index (Phi) is 6.39. The maximum absolute atomic E-state index is 5.73. The normalized spacial score (nSPS) is 10.3. The lowest BCUT2D eigenvalue weighted by molar-refractivity contribution is 0.413. The maximum atomic E-state index is 5.73. The van der Waals surface area contributed by atoms with E-state index in [0.29, 0.717) is 0 Å². The molecule has 0 aliphatic heterocycles. The van der Waals surface area contributed by atoms with E-state index in [-0.39, 0.29) is 0 Å². The lowest BCUT2D eigenvalue weighted by Crippen LogP contribution is -2.33. The molecule has 0 spiro atoms. The summed E-state index contributed by atoms with van der Waals surface area (Å²) in [6.45, 7) is 3.71. The Labute approximate surface area is 161 Å². The Bertz CT molecular complexity index is 772. The molecule has 3 aromatic carbocycles. The first-order valence-electron chi connectivity index (χ1n) is 8.97. The fraction of sp³-hybridized carbons (Fsp3) is 0.174. The van der Waals surface area contributed by atoms with Gasteiger partial charge in [0.05, 0.1) is 0 Å². The molecular weight excluding hydrogens is 336 g/mol.